The Labute approximate surface area is 90.2 Å². The highest BCUT2D eigenvalue weighted by molar-refractivity contribution is 5.85. The highest BCUT2D eigenvalue weighted by Gasteiger charge is 2.07. The molecule has 78 valence electrons. The average Bonchev–Trinajstić information content (AvgIpc) is 2.04. The fraction of sp³-hybridized carbons (Fsp3) is 0.273. The molecule has 14 heavy (non-hydrogen) atoms. The molecule has 2 N–H and O–H groups in total. The van der Waals surface area contributed by atoms with Crippen LogP contribution in [0.4, 0.5) is 4.39 Å². The number of hydrogen-bond donors (Lipinski definition) is 1. The lowest BCUT2D eigenvalue weighted by atomic mass is 9.99. The van der Waals surface area contributed by atoms with Gasteiger partial charge < -0.3 is 5.73 Å². The molecule has 0 radical (unpaired) electrons. The van der Waals surface area contributed by atoms with Crippen molar-refractivity contribution in [3.8, 4) is 0 Å². The minimum Gasteiger partial charge on any atom is -0.324 e. The lowest BCUT2D eigenvalue weighted by Crippen LogP contribution is -2.10. The lowest BCUT2D eigenvalue weighted by molar-refractivity contribution is 0.623. The molecule has 3 heteroatoms. The number of rotatable bonds is 3. The number of aryl methyl sites for hydroxylation is 1. The van der Waals surface area contributed by atoms with Gasteiger partial charge >= 0.3 is 0 Å². The molecule has 0 heterocycles. The van der Waals surface area contributed by atoms with Crippen LogP contribution in [0.25, 0.3) is 0 Å². The number of benzene rings is 1. The molecule has 1 aromatic carbocycles. The summed E-state index contributed by atoms with van der Waals surface area (Å²) in [5.74, 6) is -0.216. The van der Waals surface area contributed by atoms with Crippen molar-refractivity contribution in [1.82, 2.24) is 0 Å². The molecule has 1 atom stereocenters. The predicted octanol–water partition coefficient (Wildman–Crippen LogP) is 3.13. The van der Waals surface area contributed by atoms with E-state index >= 15 is 0 Å². The molecule has 0 saturated heterocycles. The van der Waals surface area contributed by atoms with Gasteiger partial charge in [0.05, 0.1) is 0 Å². The summed E-state index contributed by atoms with van der Waals surface area (Å²) in [5, 5.41) is 0. The van der Waals surface area contributed by atoms with Crippen LogP contribution in [0, 0.1) is 12.7 Å². The Hall–Kier alpha value is -0.860. The Kier molecular flexibility index (Phi) is 5.43. The van der Waals surface area contributed by atoms with Crippen molar-refractivity contribution in [2.24, 2.45) is 5.73 Å². The standard InChI is InChI=1S/C11H14FN.ClH/c1-3-4-11(13)10-6-5-9(12)7-8(10)2;/h3,5-7,11H,1,4,13H2,2H3;1H/t11-;/m1./s1. The molecule has 0 fully saturated rings. The molecule has 0 unspecified atom stereocenters. The average molecular weight is 216 g/mol. The second-order valence-electron chi connectivity index (χ2n) is 3.13. The van der Waals surface area contributed by atoms with E-state index in [1.807, 2.05) is 6.92 Å². The molecular weight excluding hydrogens is 201 g/mol. The Morgan fingerprint density at radius 2 is 2.21 bits per heavy atom. The molecule has 1 aromatic rings. The summed E-state index contributed by atoms with van der Waals surface area (Å²) in [5.41, 5.74) is 7.75. The molecule has 0 bridgehead atoms. The minimum absolute atomic E-state index is 0. The van der Waals surface area contributed by atoms with E-state index in [1.165, 1.54) is 12.1 Å². The maximum atomic E-state index is 12.7. The third kappa shape index (κ3) is 3.13. The first kappa shape index (κ1) is 13.1. The van der Waals surface area contributed by atoms with Crippen LogP contribution in [-0.4, -0.2) is 0 Å². The van der Waals surface area contributed by atoms with Crippen molar-refractivity contribution in [3.05, 3.63) is 47.8 Å². The van der Waals surface area contributed by atoms with Gasteiger partial charge in [-0.25, -0.2) is 4.39 Å². The van der Waals surface area contributed by atoms with E-state index in [9.17, 15) is 4.39 Å². The second kappa shape index (κ2) is 5.78. The summed E-state index contributed by atoms with van der Waals surface area (Å²) in [7, 11) is 0. The predicted molar refractivity (Wildman–Crippen MR) is 60.1 cm³/mol. The van der Waals surface area contributed by atoms with Gasteiger partial charge in [-0.3, -0.25) is 0 Å². The third-order valence-electron chi connectivity index (χ3n) is 2.05. The molecule has 0 spiro atoms. The smallest absolute Gasteiger partial charge is 0.123 e. The molecule has 0 aliphatic rings. The van der Waals surface area contributed by atoms with E-state index in [0.29, 0.717) is 6.42 Å². The highest BCUT2D eigenvalue weighted by Crippen LogP contribution is 2.19. The maximum absolute atomic E-state index is 12.7. The van der Waals surface area contributed by atoms with Crippen LogP contribution >= 0.6 is 12.4 Å². The lowest BCUT2D eigenvalue weighted by Gasteiger charge is -2.12. The van der Waals surface area contributed by atoms with Crippen molar-refractivity contribution >= 4 is 12.4 Å². The first-order valence-corrected chi connectivity index (χ1v) is 4.27. The van der Waals surface area contributed by atoms with Crippen LogP contribution in [0.3, 0.4) is 0 Å². The van der Waals surface area contributed by atoms with Gasteiger partial charge in [0.15, 0.2) is 0 Å². The zero-order valence-electron chi connectivity index (χ0n) is 8.16. The molecule has 0 aliphatic carbocycles. The van der Waals surface area contributed by atoms with Gasteiger partial charge in [0.25, 0.3) is 0 Å². The summed E-state index contributed by atoms with van der Waals surface area (Å²) >= 11 is 0. The van der Waals surface area contributed by atoms with Gasteiger partial charge in [0.1, 0.15) is 5.82 Å². The summed E-state index contributed by atoms with van der Waals surface area (Å²) in [6, 6.07) is 4.60. The first-order chi connectivity index (χ1) is 6.15. The molecule has 1 nitrogen and oxygen atoms in total. The molecular formula is C11H15ClFN. The molecule has 0 saturated carbocycles. The zero-order chi connectivity index (χ0) is 9.84. The fourth-order valence-corrected chi connectivity index (χ4v) is 1.36. The summed E-state index contributed by atoms with van der Waals surface area (Å²) < 4.78 is 12.7. The van der Waals surface area contributed by atoms with Crippen LogP contribution in [0.15, 0.2) is 30.9 Å². The van der Waals surface area contributed by atoms with E-state index < -0.39 is 0 Å². The van der Waals surface area contributed by atoms with Gasteiger partial charge in [0, 0.05) is 6.04 Å². The molecule has 0 aromatic heterocycles. The largest absolute Gasteiger partial charge is 0.324 e. The molecule has 0 amide bonds. The van der Waals surface area contributed by atoms with Crippen LogP contribution in [0.5, 0.6) is 0 Å². The Morgan fingerprint density at radius 1 is 1.57 bits per heavy atom. The van der Waals surface area contributed by atoms with Crippen LogP contribution in [0.2, 0.25) is 0 Å². The number of hydrogen-bond acceptors (Lipinski definition) is 1. The normalized spacial score (nSPS) is 11.6. The topological polar surface area (TPSA) is 26.0 Å². The number of halogens is 2. The summed E-state index contributed by atoms with van der Waals surface area (Å²) in [6.45, 7) is 5.48. The van der Waals surface area contributed by atoms with E-state index in [4.69, 9.17) is 5.73 Å². The minimum atomic E-state index is -0.216. The van der Waals surface area contributed by atoms with Crippen LogP contribution < -0.4 is 5.73 Å². The number of nitrogens with two attached hydrogens (primary N) is 1. The Bertz CT molecular complexity index is 312. The van der Waals surface area contributed by atoms with E-state index in [2.05, 4.69) is 6.58 Å². The molecule has 0 aliphatic heterocycles. The van der Waals surface area contributed by atoms with Crippen LogP contribution in [0.1, 0.15) is 23.6 Å². The van der Waals surface area contributed by atoms with Gasteiger partial charge in [-0.2, -0.15) is 0 Å². The first-order valence-electron chi connectivity index (χ1n) is 4.27. The van der Waals surface area contributed by atoms with Crippen LogP contribution in [-0.2, 0) is 0 Å². The van der Waals surface area contributed by atoms with E-state index in [1.54, 1.807) is 12.1 Å². The fourth-order valence-electron chi connectivity index (χ4n) is 1.36. The summed E-state index contributed by atoms with van der Waals surface area (Å²) in [4.78, 5) is 0. The maximum Gasteiger partial charge on any atom is 0.123 e. The van der Waals surface area contributed by atoms with Gasteiger partial charge in [-0.15, -0.1) is 19.0 Å². The van der Waals surface area contributed by atoms with E-state index in [0.717, 1.165) is 11.1 Å². The summed E-state index contributed by atoms with van der Waals surface area (Å²) in [6.07, 6.45) is 2.49. The second-order valence-corrected chi connectivity index (χ2v) is 3.13. The molecule has 1 rings (SSSR count). The third-order valence-corrected chi connectivity index (χ3v) is 2.05. The van der Waals surface area contributed by atoms with Crippen molar-refractivity contribution in [2.75, 3.05) is 0 Å². The van der Waals surface area contributed by atoms with Crippen molar-refractivity contribution < 1.29 is 4.39 Å². The van der Waals surface area contributed by atoms with Gasteiger partial charge in [-0.05, 0) is 36.6 Å². The Morgan fingerprint density at radius 3 is 2.71 bits per heavy atom. The van der Waals surface area contributed by atoms with Crippen molar-refractivity contribution in [1.29, 1.82) is 0 Å². The SMILES string of the molecule is C=CC[C@@H](N)c1ccc(F)cc1C.Cl. The van der Waals surface area contributed by atoms with Crippen molar-refractivity contribution in [2.45, 2.75) is 19.4 Å². The van der Waals surface area contributed by atoms with Gasteiger partial charge in [-0.1, -0.05) is 12.1 Å². The van der Waals surface area contributed by atoms with Crippen molar-refractivity contribution in [3.63, 3.8) is 0 Å². The van der Waals surface area contributed by atoms with E-state index in [-0.39, 0.29) is 24.3 Å². The monoisotopic (exact) mass is 215 g/mol. The van der Waals surface area contributed by atoms with Gasteiger partial charge in [0.2, 0.25) is 0 Å². The highest BCUT2D eigenvalue weighted by atomic mass is 35.5. The quantitative estimate of drug-likeness (QED) is 0.771. The Balaban J connectivity index is 0.00000169. The zero-order valence-corrected chi connectivity index (χ0v) is 8.98.